The highest BCUT2D eigenvalue weighted by Crippen LogP contribution is 2.34. The minimum atomic E-state index is 0.225. The monoisotopic (exact) mass is 308 g/mol. The summed E-state index contributed by atoms with van der Waals surface area (Å²) in [5.41, 5.74) is 2.93. The average molecular weight is 309 g/mol. The Balaban J connectivity index is 2.24. The molecule has 0 amide bonds. The summed E-state index contributed by atoms with van der Waals surface area (Å²) in [5.74, 6) is 0. The third-order valence-electron chi connectivity index (χ3n) is 2.86. The van der Waals surface area contributed by atoms with Crippen LogP contribution in [0.1, 0.15) is 41.6 Å². The Bertz CT molecular complexity index is 463. The fraction of sp³-hybridized carbons (Fsp3) is 0.333. The van der Waals surface area contributed by atoms with Crippen molar-refractivity contribution in [1.29, 1.82) is 0 Å². The molecule has 1 atom stereocenters. The summed E-state index contributed by atoms with van der Waals surface area (Å²) < 4.78 is 0. The Kier molecular flexibility index (Phi) is 3.74. The molecule has 2 heteroatoms. The van der Waals surface area contributed by atoms with Crippen molar-refractivity contribution < 1.29 is 0 Å². The number of alkyl halides is 1. The third-order valence-corrected chi connectivity index (χ3v) is 5.12. The molecule has 0 fully saturated rings. The molecule has 17 heavy (non-hydrogen) atoms. The van der Waals surface area contributed by atoms with Crippen LogP contribution in [-0.2, 0) is 5.41 Å². The summed E-state index contributed by atoms with van der Waals surface area (Å²) in [6.07, 6.45) is 0. The second-order valence-corrected chi connectivity index (χ2v) is 7.14. The lowest BCUT2D eigenvalue weighted by Gasteiger charge is -2.19. The molecule has 0 saturated heterocycles. The number of rotatable bonds is 2. The van der Waals surface area contributed by atoms with Crippen LogP contribution in [0.5, 0.6) is 0 Å². The van der Waals surface area contributed by atoms with Gasteiger partial charge in [-0.15, -0.1) is 11.3 Å². The van der Waals surface area contributed by atoms with Crippen LogP contribution in [0.15, 0.2) is 41.8 Å². The predicted octanol–water partition coefficient (Wildman–Crippen LogP) is 5.53. The molecule has 0 aliphatic carbocycles. The molecule has 0 aliphatic heterocycles. The van der Waals surface area contributed by atoms with Crippen molar-refractivity contribution in [3.63, 3.8) is 0 Å². The van der Waals surface area contributed by atoms with Gasteiger partial charge >= 0.3 is 0 Å². The summed E-state index contributed by atoms with van der Waals surface area (Å²) in [6.45, 7) is 6.73. The Morgan fingerprint density at radius 3 is 2.18 bits per heavy atom. The van der Waals surface area contributed by atoms with Crippen molar-refractivity contribution in [2.24, 2.45) is 0 Å². The van der Waals surface area contributed by atoms with Crippen molar-refractivity contribution >= 4 is 27.3 Å². The van der Waals surface area contributed by atoms with Crippen LogP contribution >= 0.6 is 27.3 Å². The van der Waals surface area contributed by atoms with Gasteiger partial charge in [-0.3, -0.25) is 0 Å². The van der Waals surface area contributed by atoms with Crippen LogP contribution in [0.25, 0.3) is 0 Å². The highest BCUT2D eigenvalue weighted by atomic mass is 79.9. The maximum Gasteiger partial charge on any atom is 0.0738 e. The molecule has 0 N–H and O–H groups in total. The Hall–Kier alpha value is -0.600. The Labute approximate surface area is 116 Å². The van der Waals surface area contributed by atoms with Crippen molar-refractivity contribution in [2.45, 2.75) is 31.0 Å². The average Bonchev–Trinajstić information content (AvgIpc) is 2.80. The Morgan fingerprint density at radius 1 is 1.06 bits per heavy atom. The molecule has 1 heterocycles. The van der Waals surface area contributed by atoms with E-state index in [2.05, 4.69) is 78.5 Å². The molecule has 1 aromatic heterocycles. The summed E-state index contributed by atoms with van der Waals surface area (Å²) in [6, 6.07) is 13.2. The van der Waals surface area contributed by atoms with E-state index in [4.69, 9.17) is 0 Å². The van der Waals surface area contributed by atoms with Gasteiger partial charge in [0.1, 0.15) is 0 Å². The van der Waals surface area contributed by atoms with Gasteiger partial charge in [-0.2, -0.15) is 0 Å². The standard InChI is InChI=1S/C15H17BrS/c1-15(2,3)12-8-6-11(7-9-12)14(16)13-5-4-10-17-13/h4-10,14H,1-3H3. The number of benzene rings is 1. The number of halogens is 1. The molecule has 0 radical (unpaired) electrons. The molecule has 2 rings (SSSR count). The van der Waals surface area contributed by atoms with E-state index < -0.39 is 0 Å². The fourth-order valence-electron chi connectivity index (χ4n) is 1.75. The van der Waals surface area contributed by atoms with E-state index in [1.807, 2.05) is 0 Å². The first-order chi connectivity index (χ1) is 7.98. The van der Waals surface area contributed by atoms with Gasteiger partial charge in [0.05, 0.1) is 4.83 Å². The molecule has 0 nitrogen and oxygen atoms in total. The van der Waals surface area contributed by atoms with E-state index in [0.717, 1.165) is 0 Å². The van der Waals surface area contributed by atoms with Crippen LogP contribution in [0.2, 0.25) is 0 Å². The zero-order chi connectivity index (χ0) is 12.5. The van der Waals surface area contributed by atoms with Gasteiger partial charge in [0.15, 0.2) is 0 Å². The van der Waals surface area contributed by atoms with Gasteiger partial charge in [0, 0.05) is 4.88 Å². The van der Waals surface area contributed by atoms with Crippen molar-refractivity contribution in [2.75, 3.05) is 0 Å². The van der Waals surface area contributed by atoms with Crippen LogP contribution in [0.3, 0.4) is 0 Å². The lowest BCUT2D eigenvalue weighted by atomic mass is 9.86. The highest BCUT2D eigenvalue weighted by Gasteiger charge is 2.15. The summed E-state index contributed by atoms with van der Waals surface area (Å²) in [5, 5.41) is 2.12. The minimum Gasteiger partial charge on any atom is -0.147 e. The zero-order valence-electron chi connectivity index (χ0n) is 10.4. The van der Waals surface area contributed by atoms with Gasteiger partial charge in [0.2, 0.25) is 0 Å². The highest BCUT2D eigenvalue weighted by molar-refractivity contribution is 9.09. The lowest BCUT2D eigenvalue weighted by molar-refractivity contribution is 0.590. The smallest absolute Gasteiger partial charge is 0.0738 e. The maximum absolute atomic E-state index is 3.76. The molecule has 1 aromatic carbocycles. The molecule has 0 saturated carbocycles. The molecule has 0 aliphatic rings. The van der Waals surface area contributed by atoms with Gasteiger partial charge in [0.25, 0.3) is 0 Å². The minimum absolute atomic E-state index is 0.225. The van der Waals surface area contributed by atoms with Gasteiger partial charge in [-0.1, -0.05) is 67.0 Å². The largest absolute Gasteiger partial charge is 0.147 e. The first kappa shape index (κ1) is 12.8. The topological polar surface area (TPSA) is 0 Å². The Morgan fingerprint density at radius 2 is 1.71 bits per heavy atom. The molecule has 1 unspecified atom stereocenters. The van der Waals surface area contributed by atoms with E-state index in [-0.39, 0.29) is 5.41 Å². The quantitative estimate of drug-likeness (QED) is 0.640. The SMILES string of the molecule is CC(C)(C)c1ccc(C(Br)c2cccs2)cc1. The summed E-state index contributed by atoms with van der Waals surface area (Å²) in [7, 11) is 0. The second-order valence-electron chi connectivity index (χ2n) is 5.25. The number of hydrogen-bond acceptors (Lipinski definition) is 1. The number of hydrogen-bond donors (Lipinski definition) is 0. The normalized spacial score (nSPS) is 13.6. The van der Waals surface area contributed by atoms with Gasteiger partial charge in [-0.25, -0.2) is 0 Å². The van der Waals surface area contributed by atoms with E-state index in [0.29, 0.717) is 4.83 Å². The summed E-state index contributed by atoms with van der Waals surface area (Å²) >= 11 is 5.55. The van der Waals surface area contributed by atoms with E-state index >= 15 is 0 Å². The molecule has 0 bridgehead atoms. The van der Waals surface area contributed by atoms with Crippen LogP contribution in [0, 0.1) is 0 Å². The van der Waals surface area contributed by atoms with Crippen molar-refractivity contribution in [3.8, 4) is 0 Å². The second kappa shape index (κ2) is 4.95. The molecule has 2 aromatic rings. The van der Waals surface area contributed by atoms with Crippen molar-refractivity contribution in [1.82, 2.24) is 0 Å². The zero-order valence-corrected chi connectivity index (χ0v) is 12.8. The van der Waals surface area contributed by atoms with Crippen LogP contribution < -0.4 is 0 Å². The van der Waals surface area contributed by atoms with E-state index in [9.17, 15) is 0 Å². The first-order valence-electron chi connectivity index (χ1n) is 5.76. The van der Waals surface area contributed by atoms with Gasteiger partial charge in [-0.05, 0) is 28.0 Å². The van der Waals surface area contributed by atoms with Gasteiger partial charge < -0.3 is 0 Å². The first-order valence-corrected chi connectivity index (χ1v) is 7.56. The third kappa shape index (κ3) is 2.99. The number of thiophene rings is 1. The van der Waals surface area contributed by atoms with Crippen molar-refractivity contribution in [3.05, 3.63) is 57.8 Å². The molecular formula is C15H17BrS. The molecule has 90 valence electrons. The maximum atomic E-state index is 3.76. The summed E-state index contributed by atoms with van der Waals surface area (Å²) in [4.78, 5) is 1.67. The van der Waals surface area contributed by atoms with Crippen LogP contribution in [-0.4, -0.2) is 0 Å². The fourth-order valence-corrected chi connectivity index (χ4v) is 3.26. The van der Waals surface area contributed by atoms with E-state index in [1.165, 1.54) is 16.0 Å². The van der Waals surface area contributed by atoms with Crippen LogP contribution in [0.4, 0.5) is 0 Å². The predicted molar refractivity (Wildman–Crippen MR) is 80.2 cm³/mol. The molecular weight excluding hydrogens is 292 g/mol. The van der Waals surface area contributed by atoms with E-state index in [1.54, 1.807) is 11.3 Å². The lowest BCUT2D eigenvalue weighted by Crippen LogP contribution is -2.10. The molecule has 0 spiro atoms.